The number of carbonyl (C=O) groups is 1. The molecule has 0 spiro atoms. The molecule has 1 saturated heterocycles. The minimum Gasteiger partial charge on any atom is -0.360 e. The summed E-state index contributed by atoms with van der Waals surface area (Å²) in [5.74, 6) is -0.0344. The van der Waals surface area contributed by atoms with E-state index in [9.17, 15) is 21.6 Å². The average Bonchev–Trinajstić information content (AvgIpc) is 2.92. The fourth-order valence-corrected chi connectivity index (χ4v) is 6.13. The van der Waals surface area contributed by atoms with Crippen LogP contribution in [0.15, 0.2) is 38.6 Å². The van der Waals surface area contributed by atoms with Crippen LogP contribution in [0.1, 0.15) is 28.2 Å². The normalized spacial score (nSPS) is 16.5. The quantitative estimate of drug-likeness (QED) is 0.641. The molecule has 3 rings (SSSR count). The van der Waals surface area contributed by atoms with Crippen molar-refractivity contribution in [3.8, 4) is 0 Å². The number of sulfonamides is 2. The highest BCUT2D eigenvalue weighted by Gasteiger charge is 2.33. The first kappa shape index (κ1) is 23.4. The molecular formula is C19H26N4O6S2. The van der Waals surface area contributed by atoms with Gasteiger partial charge < -0.3 is 9.42 Å². The lowest BCUT2D eigenvalue weighted by Crippen LogP contribution is -2.37. The Balaban J connectivity index is 1.74. The number of amides is 1. The molecule has 2 heterocycles. The molecule has 1 aromatic heterocycles. The van der Waals surface area contributed by atoms with Gasteiger partial charge in [-0.2, -0.15) is 4.31 Å². The Kier molecular flexibility index (Phi) is 6.56. The van der Waals surface area contributed by atoms with Crippen molar-refractivity contribution >= 4 is 26.0 Å². The van der Waals surface area contributed by atoms with Gasteiger partial charge in [-0.3, -0.25) is 4.79 Å². The number of aryl methyl sites for hydroxylation is 2. The van der Waals surface area contributed by atoms with Gasteiger partial charge in [0.1, 0.15) is 10.6 Å². The molecule has 1 aliphatic rings. The van der Waals surface area contributed by atoms with Crippen LogP contribution in [0.25, 0.3) is 0 Å². The van der Waals surface area contributed by atoms with Crippen molar-refractivity contribution in [2.75, 3.05) is 40.3 Å². The second-order valence-corrected chi connectivity index (χ2v) is 11.5. The van der Waals surface area contributed by atoms with E-state index in [-0.39, 0.29) is 41.1 Å². The summed E-state index contributed by atoms with van der Waals surface area (Å²) in [6.07, 6.45) is 0.474. The van der Waals surface area contributed by atoms with E-state index in [0.717, 1.165) is 4.31 Å². The molecule has 0 atom stereocenters. The Morgan fingerprint density at radius 3 is 2.19 bits per heavy atom. The van der Waals surface area contributed by atoms with Crippen LogP contribution < -0.4 is 0 Å². The lowest BCUT2D eigenvalue weighted by Gasteiger charge is -2.22. The molecule has 170 valence electrons. The Hall–Kier alpha value is -2.28. The lowest BCUT2D eigenvalue weighted by molar-refractivity contribution is 0.0764. The van der Waals surface area contributed by atoms with Crippen LogP contribution in [-0.2, 0) is 20.0 Å². The molecule has 1 aromatic carbocycles. The molecule has 0 unspecified atom stereocenters. The number of rotatable bonds is 5. The Labute approximate surface area is 182 Å². The molecule has 0 saturated carbocycles. The number of nitrogens with zero attached hydrogens (tertiary/aromatic N) is 4. The van der Waals surface area contributed by atoms with Crippen molar-refractivity contribution in [3.63, 3.8) is 0 Å². The van der Waals surface area contributed by atoms with Crippen LogP contribution in [0.5, 0.6) is 0 Å². The summed E-state index contributed by atoms with van der Waals surface area (Å²) in [5.41, 5.74) is 0.655. The van der Waals surface area contributed by atoms with Gasteiger partial charge in [0.25, 0.3) is 5.91 Å². The highest BCUT2D eigenvalue weighted by atomic mass is 32.2. The van der Waals surface area contributed by atoms with Crippen molar-refractivity contribution in [2.24, 2.45) is 0 Å². The zero-order valence-corrected chi connectivity index (χ0v) is 19.5. The van der Waals surface area contributed by atoms with Gasteiger partial charge in [-0.25, -0.2) is 21.1 Å². The standard InChI is InChI=1S/C19H26N4O6S2/c1-14-18(15(2)29-20-14)31(27,28)23-11-5-10-22(12-13-23)19(24)16-6-8-17(9-7-16)30(25,26)21(3)4/h6-9H,5,10-13H2,1-4H3. The van der Waals surface area contributed by atoms with E-state index in [0.29, 0.717) is 24.2 Å². The SMILES string of the molecule is Cc1noc(C)c1S(=O)(=O)N1CCCN(C(=O)c2ccc(S(=O)(=O)N(C)C)cc2)CC1. The molecule has 1 amide bonds. The number of hydrogen-bond donors (Lipinski definition) is 0. The van der Waals surface area contributed by atoms with Crippen LogP contribution in [0, 0.1) is 13.8 Å². The van der Waals surface area contributed by atoms with Crippen LogP contribution in [0.3, 0.4) is 0 Å². The van der Waals surface area contributed by atoms with E-state index >= 15 is 0 Å². The van der Waals surface area contributed by atoms with Crippen molar-refractivity contribution < 1.29 is 26.2 Å². The molecule has 0 radical (unpaired) electrons. The first-order valence-corrected chi connectivity index (χ1v) is 12.6. The van der Waals surface area contributed by atoms with Gasteiger partial charge in [0.05, 0.1) is 4.90 Å². The van der Waals surface area contributed by atoms with E-state index in [1.807, 2.05) is 0 Å². The van der Waals surface area contributed by atoms with E-state index in [1.54, 1.807) is 18.7 Å². The molecule has 1 fully saturated rings. The third-order valence-corrected chi connectivity index (χ3v) is 9.16. The predicted molar refractivity (Wildman–Crippen MR) is 113 cm³/mol. The topological polar surface area (TPSA) is 121 Å². The molecule has 0 bridgehead atoms. The third kappa shape index (κ3) is 4.52. The Bertz CT molecular complexity index is 1150. The van der Waals surface area contributed by atoms with E-state index < -0.39 is 20.0 Å². The first-order chi connectivity index (χ1) is 14.5. The average molecular weight is 471 g/mol. The van der Waals surface area contributed by atoms with Gasteiger partial charge in [-0.15, -0.1) is 0 Å². The maximum absolute atomic E-state index is 13.0. The predicted octanol–water partition coefficient (Wildman–Crippen LogP) is 1.08. The number of carbonyl (C=O) groups excluding carboxylic acids is 1. The van der Waals surface area contributed by atoms with Gasteiger partial charge in [0, 0.05) is 45.8 Å². The molecule has 2 aromatic rings. The molecule has 1 aliphatic heterocycles. The van der Waals surface area contributed by atoms with E-state index in [4.69, 9.17) is 4.52 Å². The van der Waals surface area contributed by atoms with Crippen LogP contribution in [0.2, 0.25) is 0 Å². The smallest absolute Gasteiger partial charge is 0.253 e. The Morgan fingerprint density at radius 2 is 1.65 bits per heavy atom. The second-order valence-electron chi connectivity index (χ2n) is 7.51. The van der Waals surface area contributed by atoms with Crippen LogP contribution in [0.4, 0.5) is 0 Å². The summed E-state index contributed by atoms with van der Waals surface area (Å²) in [6.45, 7) is 4.17. The summed E-state index contributed by atoms with van der Waals surface area (Å²) >= 11 is 0. The monoisotopic (exact) mass is 470 g/mol. The van der Waals surface area contributed by atoms with Crippen molar-refractivity contribution in [1.82, 2.24) is 18.7 Å². The fourth-order valence-electron chi connectivity index (χ4n) is 3.47. The van der Waals surface area contributed by atoms with Crippen LogP contribution in [-0.4, -0.2) is 81.7 Å². The van der Waals surface area contributed by atoms with Gasteiger partial charge in [0.15, 0.2) is 5.76 Å². The molecule has 10 nitrogen and oxygen atoms in total. The highest BCUT2D eigenvalue weighted by molar-refractivity contribution is 7.89. The zero-order chi connectivity index (χ0) is 23.0. The second kappa shape index (κ2) is 8.69. The van der Waals surface area contributed by atoms with Crippen LogP contribution >= 0.6 is 0 Å². The summed E-state index contributed by atoms with van der Waals surface area (Å²) in [7, 11) is -4.48. The summed E-state index contributed by atoms with van der Waals surface area (Å²) in [5, 5.41) is 3.73. The largest absolute Gasteiger partial charge is 0.360 e. The molecule has 12 heteroatoms. The molecular weight excluding hydrogens is 444 g/mol. The number of benzene rings is 1. The number of aromatic nitrogens is 1. The summed E-state index contributed by atoms with van der Waals surface area (Å²) < 4.78 is 57.9. The zero-order valence-electron chi connectivity index (χ0n) is 17.9. The first-order valence-electron chi connectivity index (χ1n) is 9.71. The fraction of sp³-hybridized carbons (Fsp3) is 0.474. The van der Waals surface area contributed by atoms with Crippen molar-refractivity contribution in [1.29, 1.82) is 0 Å². The maximum Gasteiger partial charge on any atom is 0.253 e. The van der Waals surface area contributed by atoms with Gasteiger partial charge in [-0.05, 0) is 44.5 Å². The van der Waals surface area contributed by atoms with Crippen molar-refractivity contribution in [2.45, 2.75) is 30.1 Å². The van der Waals surface area contributed by atoms with Gasteiger partial charge >= 0.3 is 0 Å². The van der Waals surface area contributed by atoms with E-state index in [2.05, 4.69) is 5.16 Å². The lowest BCUT2D eigenvalue weighted by atomic mass is 10.2. The van der Waals surface area contributed by atoms with Crippen molar-refractivity contribution in [3.05, 3.63) is 41.3 Å². The molecule has 31 heavy (non-hydrogen) atoms. The molecule has 0 aliphatic carbocycles. The minimum atomic E-state index is -3.78. The number of hydrogen-bond acceptors (Lipinski definition) is 7. The van der Waals surface area contributed by atoms with Gasteiger partial charge in [0.2, 0.25) is 20.0 Å². The molecule has 0 N–H and O–H groups in total. The van der Waals surface area contributed by atoms with E-state index in [1.165, 1.54) is 42.7 Å². The minimum absolute atomic E-state index is 0.0740. The van der Waals surface area contributed by atoms with Gasteiger partial charge in [-0.1, -0.05) is 5.16 Å². The summed E-state index contributed by atoms with van der Waals surface area (Å²) in [6, 6.07) is 5.74. The maximum atomic E-state index is 13.0. The third-order valence-electron chi connectivity index (χ3n) is 5.19. The highest BCUT2D eigenvalue weighted by Crippen LogP contribution is 2.24. The Morgan fingerprint density at radius 1 is 1.00 bits per heavy atom. The summed E-state index contributed by atoms with van der Waals surface area (Å²) in [4.78, 5) is 14.7.